The van der Waals surface area contributed by atoms with Gasteiger partial charge in [0, 0.05) is 22.6 Å². The zero-order valence-corrected chi connectivity index (χ0v) is 11.0. The molecule has 88 valence electrons. The molecule has 0 heterocycles. The van der Waals surface area contributed by atoms with Crippen molar-refractivity contribution in [2.45, 2.75) is 38.8 Å². The molecular formula is C13H17Cl2N. The van der Waals surface area contributed by atoms with Crippen molar-refractivity contribution < 1.29 is 0 Å². The third-order valence-corrected chi connectivity index (χ3v) is 3.88. The first-order valence-corrected chi connectivity index (χ1v) is 6.58. The maximum Gasteiger partial charge on any atom is 0.0465 e. The molecule has 1 nitrogen and oxygen atoms in total. The first-order valence-electron chi connectivity index (χ1n) is 5.82. The highest BCUT2D eigenvalue weighted by Gasteiger charge is 2.20. The Labute approximate surface area is 107 Å². The second-order valence-electron chi connectivity index (χ2n) is 4.73. The quantitative estimate of drug-likeness (QED) is 0.853. The number of nitrogens with one attached hydrogen (secondary N) is 1. The lowest BCUT2D eigenvalue weighted by Crippen LogP contribution is -2.25. The second-order valence-corrected chi connectivity index (χ2v) is 5.58. The Kier molecular flexibility index (Phi) is 4.12. The molecule has 0 aliphatic heterocycles. The molecule has 3 heteroatoms. The van der Waals surface area contributed by atoms with Gasteiger partial charge in [0.1, 0.15) is 0 Å². The molecule has 1 aromatic rings. The summed E-state index contributed by atoms with van der Waals surface area (Å²) in [5.74, 6) is 0.859. The lowest BCUT2D eigenvalue weighted by Gasteiger charge is -2.13. The van der Waals surface area contributed by atoms with E-state index in [4.69, 9.17) is 23.2 Å². The van der Waals surface area contributed by atoms with E-state index in [9.17, 15) is 0 Å². The van der Waals surface area contributed by atoms with Crippen LogP contribution in [0.5, 0.6) is 0 Å². The summed E-state index contributed by atoms with van der Waals surface area (Å²) < 4.78 is 0. The van der Waals surface area contributed by atoms with Crippen molar-refractivity contribution in [1.82, 2.24) is 5.32 Å². The maximum absolute atomic E-state index is 6.12. The van der Waals surface area contributed by atoms with Crippen molar-refractivity contribution in [3.8, 4) is 0 Å². The standard InChI is InChI=1S/C13H17Cl2N/c1-9-2-5-12(6-9)16-8-10-3-4-11(14)7-13(10)15/h3-4,7,9,12,16H,2,5-6,8H2,1H3. The number of hydrogen-bond acceptors (Lipinski definition) is 1. The van der Waals surface area contributed by atoms with Crippen molar-refractivity contribution in [2.75, 3.05) is 0 Å². The number of halogens is 2. The van der Waals surface area contributed by atoms with Gasteiger partial charge in [-0.05, 0) is 42.9 Å². The number of hydrogen-bond donors (Lipinski definition) is 1. The normalized spacial score (nSPS) is 24.9. The fourth-order valence-corrected chi connectivity index (χ4v) is 2.79. The van der Waals surface area contributed by atoms with Gasteiger partial charge < -0.3 is 5.32 Å². The van der Waals surface area contributed by atoms with Gasteiger partial charge >= 0.3 is 0 Å². The molecule has 16 heavy (non-hydrogen) atoms. The van der Waals surface area contributed by atoms with E-state index in [0.29, 0.717) is 11.1 Å². The van der Waals surface area contributed by atoms with Gasteiger partial charge in [-0.1, -0.05) is 36.2 Å². The van der Waals surface area contributed by atoms with Crippen LogP contribution in [0.3, 0.4) is 0 Å². The summed E-state index contributed by atoms with van der Waals surface area (Å²) in [6, 6.07) is 6.34. The molecule has 0 radical (unpaired) electrons. The molecule has 0 saturated heterocycles. The Hall–Kier alpha value is -0.240. The molecule has 1 N–H and O–H groups in total. The highest BCUT2D eigenvalue weighted by molar-refractivity contribution is 6.35. The molecule has 1 saturated carbocycles. The Morgan fingerprint density at radius 2 is 2.12 bits per heavy atom. The molecule has 2 rings (SSSR count). The van der Waals surface area contributed by atoms with Crippen LogP contribution in [0.1, 0.15) is 31.7 Å². The van der Waals surface area contributed by atoms with Crippen LogP contribution in [0, 0.1) is 5.92 Å². The fraction of sp³-hybridized carbons (Fsp3) is 0.538. The van der Waals surface area contributed by atoms with Crippen molar-refractivity contribution >= 4 is 23.2 Å². The lowest BCUT2D eigenvalue weighted by molar-refractivity contribution is 0.502. The third kappa shape index (κ3) is 3.13. The van der Waals surface area contributed by atoms with E-state index in [1.165, 1.54) is 19.3 Å². The van der Waals surface area contributed by atoms with Crippen LogP contribution in [-0.4, -0.2) is 6.04 Å². The largest absolute Gasteiger partial charge is 0.310 e. The van der Waals surface area contributed by atoms with E-state index < -0.39 is 0 Å². The van der Waals surface area contributed by atoms with Crippen LogP contribution in [-0.2, 0) is 6.54 Å². The van der Waals surface area contributed by atoms with Crippen molar-refractivity contribution in [1.29, 1.82) is 0 Å². The first-order chi connectivity index (χ1) is 7.65. The molecule has 0 aromatic heterocycles. The molecule has 2 unspecified atom stereocenters. The van der Waals surface area contributed by atoms with Crippen LogP contribution < -0.4 is 5.32 Å². The van der Waals surface area contributed by atoms with Gasteiger partial charge in [0.25, 0.3) is 0 Å². The van der Waals surface area contributed by atoms with E-state index in [-0.39, 0.29) is 0 Å². The van der Waals surface area contributed by atoms with Gasteiger partial charge in [-0.3, -0.25) is 0 Å². The highest BCUT2D eigenvalue weighted by Crippen LogP contribution is 2.26. The number of rotatable bonds is 3. The topological polar surface area (TPSA) is 12.0 Å². The summed E-state index contributed by atoms with van der Waals surface area (Å²) in [7, 11) is 0. The monoisotopic (exact) mass is 257 g/mol. The van der Waals surface area contributed by atoms with E-state index >= 15 is 0 Å². The van der Waals surface area contributed by atoms with Crippen LogP contribution in [0.25, 0.3) is 0 Å². The Morgan fingerprint density at radius 1 is 1.31 bits per heavy atom. The molecule has 1 fully saturated rings. The SMILES string of the molecule is CC1CCC(NCc2ccc(Cl)cc2Cl)C1. The van der Waals surface area contributed by atoms with E-state index in [0.717, 1.165) is 23.0 Å². The zero-order chi connectivity index (χ0) is 11.5. The van der Waals surface area contributed by atoms with Crippen molar-refractivity contribution in [3.05, 3.63) is 33.8 Å². The van der Waals surface area contributed by atoms with Gasteiger partial charge in [0.05, 0.1) is 0 Å². The lowest BCUT2D eigenvalue weighted by atomic mass is 10.1. The van der Waals surface area contributed by atoms with Crippen LogP contribution in [0.4, 0.5) is 0 Å². The summed E-state index contributed by atoms with van der Waals surface area (Å²) in [6.45, 7) is 3.16. The summed E-state index contributed by atoms with van der Waals surface area (Å²) in [4.78, 5) is 0. The van der Waals surface area contributed by atoms with E-state index in [1.54, 1.807) is 6.07 Å². The fourth-order valence-electron chi connectivity index (χ4n) is 2.31. The van der Waals surface area contributed by atoms with Crippen molar-refractivity contribution in [2.24, 2.45) is 5.92 Å². The average Bonchev–Trinajstić information content (AvgIpc) is 2.63. The molecule has 0 spiro atoms. The minimum Gasteiger partial charge on any atom is -0.310 e. The van der Waals surface area contributed by atoms with Crippen LogP contribution >= 0.6 is 23.2 Å². The molecule has 0 bridgehead atoms. The average molecular weight is 258 g/mol. The highest BCUT2D eigenvalue weighted by atomic mass is 35.5. The Bertz CT molecular complexity index is 365. The molecular weight excluding hydrogens is 241 g/mol. The number of benzene rings is 1. The van der Waals surface area contributed by atoms with Crippen LogP contribution in [0.2, 0.25) is 10.0 Å². The van der Waals surface area contributed by atoms with Gasteiger partial charge in [-0.25, -0.2) is 0 Å². The molecule has 0 amide bonds. The predicted molar refractivity (Wildman–Crippen MR) is 70.1 cm³/mol. The Balaban J connectivity index is 1.89. The predicted octanol–water partition coefficient (Wildman–Crippen LogP) is 4.27. The zero-order valence-electron chi connectivity index (χ0n) is 9.47. The summed E-state index contributed by atoms with van der Waals surface area (Å²) in [5, 5.41) is 5.01. The summed E-state index contributed by atoms with van der Waals surface area (Å²) in [5.41, 5.74) is 1.13. The van der Waals surface area contributed by atoms with Crippen molar-refractivity contribution in [3.63, 3.8) is 0 Å². The molecule has 1 aliphatic carbocycles. The third-order valence-electron chi connectivity index (χ3n) is 3.29. The smallest absolute Gasteiger partial charge is 0.0465 e. The minimum atomic E-state index is 0.654. The van der Waals surface area contributed by atoms with E-state index in [1.807, 2.05) is 12.1 Å². The first kappa shape index (κ1) is 12.2. The second kappa shape index (κ2) is 5.39. The van der Waals surface area contributed by atoms with E-state index in [2.05, 4.69) is 12.2 Å². The van der Waals surface area contributed by atoms with Gasteiger partial charge in [-0.15, -0.1) is 0 Å². The Morgan fingerprint density at radius 3 is 2.75 bits per heavy atom. The maximum atomic E-state index is 6.12. The van der Waals surface area contributed by atoms with Gasteiger partial charge in [0.15, 0.2) is 0 Å². The van der Waals surface area contributed by atoms with Gasteiger partial charge in [0.2, 0.25) is 0 Å². The summed E-state index contributed by atoms with van der Waals surface area (Å²) in [6.07, 6.45) is 3.91. The summed E-state index contributed by atoms with van der Waals surface area (Å²) >= 11 is 12.0. The molecule has 2 atom stereocenters. The minimum absolute atomic E-state index is 0.654. The van der Waals surface area contributed by atoms with Gasteiger partial charge in [-0.2, -0.15) is 0 Å². The molecule has 1 aliphatic rings. The van der Waals surface area contributed by atoms with Crippen LogP contribution in [0.15, 0.2) is 18.2 Å². The molecule has 1 aromatic carbocycles.